The largest absolute Gasteiger partial charge is 0.309 e. The molecule has 4 heteroatoms. The summed E-state index contributed by atoms with van der Waals surface area (Å²) in [5, 5.41) is 14.1. The smallest absolute Gasteiger partial charge is 0.141 e. The molecule has 0 aliphatic heterocycles. The van der Waals surface area contributed by atoms with Crippen molar-refractivity contribution in [3.63, 3.8) is 0 Å². The Hall–Kier alpha value is -4.07. The summed E-state index contributed by atoms with van der Waals surface area (Å²) in [6.07, 6.45) is 8.87. The summed E-state index contributed by atoms with van der Waals surface area (Å²) in [7, 11) is 2.01. The van der Waals surface area contributed by atoms with E-state index in [0.717, 1.165) is 34.9 Å². The lowest BCUT2D eigenvalue weighted by atomic mass is 9.92. The molecule has 5 rings (SSSR count). The standard InChI is InChI=1S/C27H23N3.C8H15N.C2H6/c1-17-6-8-21-13-19(17)9-7-18-4-3-5-20(12-18)24-15-23(16-28)30-26-11-10-22(14-25(24)26)27(21)29-2;1-4-6-9-7-8(3)5-2;1-2/h3-6,8,10-15,27,29H,7,9H2,1-2H3;4,6-8H,5H2,1-3H3;1-2H3/b;6-4-,9-7?;. The van der Waals surface area contributed by atoms with Crippen LogP contribution in [-0.2, 0) is 12.8 Å². The quantitative estimate of drug-likeness (QED) is 0.261. The molecule has 4 nitrogen and oxygen atoms in total. The highest BCUT2D eigenvalue weighted by atomic mass is 14.9. The molecule has 1 N–H and O–H groups in total. The molecule has 41 heavy (non-hydrogen) atoms. The third-order valence-electron chi connectivity index (χ3n) is 7.42. The summed E-state index contributed by atoms with van der Waals surface area (Å²) >= 11 is 0. The van der Waals surface area contributed by atoms with Crippen molar-refractivity contribution in [3.05, 3.63) is 113 Å². The highest BCUT2D eigenvalue weighted by Gasteiger charge is 2.17. The van der Waals surface area contributed by atoms with E-state index in [9.17, 15) is 5.26 Å². The summed E-state index contributed by atoms with van der Waals surface area (Å²) in [6, 6.07) is 26.1. The SMILES string of the molecule is C/C=C\N=CC(C)CC.CC.CNC1c2ccc(C)c(c2)CCc2cccc(c2)-c2cc(C#N)nc3ccc1cc23. The van der Waals surface area contributed by atoms with Crippen LogP contribution in [0.25, 0.3) is 22.0 Å². The predicted molar refractivity (Wildman–Crippen MR) is 175 cm³/mol. The number of nitrogens with zero attached hydrogens (tertiary/aromatic N) is 3. The van der Waals surface area contributed by atoms with Crippen molar-refractivity contribution >= 4 is 17.1 Å². The first-order valence-corrected chi connectivity index (χ1v) is 14.8. The minimum atomic E-state index is 0.0982. The van der Waals surface area contributed by atoms with E-state index in [2.05, 4.69) is 96.7 Å². The molecule has 0 spiro atoms. The first kappa shape index (κ1) is 31.5. The van der Waals surface area contributed by atoms with Gasteiger partial charge in [0.15, 0.2) is 0 Å². The van der Waals surface area contributed by atoms with E-state index >= 15 is 0 Å². The molecular formula is C37H44N4. The highest BCUT2D eigenvalue weighted by Crippen LogP contribution is 2.34. The fourth-order valence-electron chi connectivity index (χ4n) is 4.95. The van der Waals surface area contributed by atoms with Crippen LogP contribution in [0.3, 0.4) is 0 Å². The van der Waals surface area contributed by atoms with Gasteiger partial charge in [0, 0.05) is 17.8 Å². The number of nitrogens with one attached hydrogen (secondary N) is 1. The minimum absolute atomic E-state index is 0.0982. The molecule has 2 atom stereocenters. The average Bonchev–Trinajstić information content (AvgIpc) is 3.02. The average molecular weight is 545 g/mol. The molecule has 6 bridgehead atoms. The van der Waals surface area contributed by atoms with E-state index in [-0.39, 0.29) is 6.04 Å². The second-order valence-electron chi connectivity index (χ2n) is 10.2. The number of fused-ring (bicyclic) bond motifs is 6. The van der Waals surface area contributed by atoms with E-state index in [4.69, 9.17) is 0 Å². The van der Waals surface area contributed by atoms with Gasteiger partial charge in [-0.15, -0.1) is 0 Å². The lowest BCUT2D eigenvalue weighted by Crippen LogP contribution is -2.18. The molecule has 4 aromatic rings. The number of pyridine rings is 1. The van der Waals surface area contributed by atoms with Crippen LogP contribution >= 0.6 is 0 Å². The maximum atomic E-state index is 9.52. The zero-order valence-corrected chi connectivity index (χ0v) is 25.7. The molecule has 1 heterocycles. The van der Waals surface area contributed by atoms with Gasteiger partial charge >= 0.3 is 0 Å². The Labute approximate surface area is 246 Å². The Morgan fingerprint density at radius 2 is 1.80 bits per heavy atom. The monoisotopic (exact) mass is 544 g/mol. The maximum absolute atomic E-state index is 9.52. The second kappa shape index (κ2) is 15.6. The molecule has 0 radical (unpaired) electrons. The van der Waals surface area contributed by atoms with Gasteiger partial charge in [-0.3, -0.25) is 4.99 Å². The van der Waals surface area contributed by atoms with Crippen LogP contribution in [0.4, 0.5) is 0 Å². The number of aryl methyl sites for hydroxylation is 3. The number of nitriles is 1. The van der Waals surface area contributed by atoms with Crippen LogP contribution in [0.1, 0.15) is 80.6 Å². The summed E-state index contributed by atoms with van der Waals surface area (Å²) in [4.78, 5) is 8.62. The molecule has 3 aromatic carbocycles. The summed E-state index contributed by atoms with van der Waals surface area (Å²) < 4.78 is 0. The van der Waals surface area contributed by atoms with Gasteiger partial charge in [0.25, 0.3) is 0 Å². The maximum Gasteiger partial charge on any atom is 0.141 e. The van der Waals surface area contributed by atoms with Gasteiger partial charge in [0.2, 0.25) is 0 Å². The van der Waals surface area contributed by atoms with E-state index in [0.29, 0.717) is 11.6 Å². The third-order valence-corrected chi connectivity index (χ3v) is 7.42. The van der Waals surface area contributed by atoms with E-state index in [1.54, 1.807) is 0 Å². The number of hydrogen-bond acceptors (Lipinski definition) is 4. The molecule has 212 valence electrons. The van der Waals surface area contributed by atoms with E-state index in [1.807, 2.05) is 58.4 Å². The van der Waals surface area contributed by atoms with Crippen LogP contribution in [-0.4, -0.2) is 18.2 Å². The number of hydrogen-bond donors (Lipinski definition) is 1. The zero-order valence-electron chi connectivity index (χ0n) is 25.7. The molecule has 0 saturated heterocycles. The van der Waals surface area contributed by atoms with Gasteiger partial charge < -0.3 is 5.32 Å². The molecule has 0 saturated carbocycles. The zero-order chi connectivity index (χ0) is 29.8. The van der Waals surface area contributed by atoms with Crippen LogP contribution in [0, 0.1) is 24.2 Å². The highest BCUT2D eigenvalue weighted by molar-refractivity contribution is 5.95. The van der Waals surface area contributed by atoms with Crippen LogP contribution < -0.4 is 5.32 Å². The van der Waals surface area contributed by atoms with Gasteiger partial charge in [0.05, 0.1) is 11.6 Å². The van der Waals surface area contributed by atoms with Crippen LogP contribution in [0.15, 0.2) is 84.0 Å². The Balaban J connectivity index is 0.000000362. The van der Waals surface area contributed by atoms with Crippen LogP contribution in [0.2, 0.25) is 0 Å². The number of aromatic nitrogens is 1. The van der Waals surface area contributed by atoms with E-state index < -0.39 is 0 Å². The topological polar surface area (TPSA) is 61.1 Å². The molecule has 1 aliphatic rings. The summed E-state index contributed by atoms with van der Waals surface area (Å²) in [6.45, 7) is 12.5. The van der Waals surface area contributed by atoms with Crippen molar-refractivity contribution in [3.8, 4) is 17.2 Å². The van der Waals surface area contributed by atoms with Gasteiger partial charge in [-0.2, -0.15) is 5.26 Å². The van der Waals surface area contributed by atoms with Gasteiger partial charge in [0.1, 0.15) is 11.8 Å². The Bertz CT molecular complexity index is 1540. The van der Waals surface area contributed by atoms with Crippen LogP contribution in [0.5, 0.6) is 0 Å². The summed E-state index contributed by atoms with van der Waals surface area (Å²) in [5.41, 5.74) is 10.0. The summed E-state index contributed by atoms with van der Waals surface area (Å²) in [5.74, 6) is 0.612. The number of allylic oxidation sites excluding steroid dienone is 1. The number of rotatable bonds is 4. The molecule has 1 aliphatic carbocycles. The first-order valence-electron chi connectivity index (χ1n) is 14.8. The molecule has 1 aromatic heterocycles. The molecule has 2 unspecified atom stereocenters. The van der Waals surface area contributed by atoms with Crippen molar-refractivity contribution in [2.75, 3.05) is 7.05 Å². The number of aliphatic imine (C=N–C) groups is 1. The Morgan fingerprint density at radius 3 is 2.51 bits per heavy atom. The lowest BCUT2D eigenvalue weighted by molar-refractivity contribution is 0.691. The van der Waals surface area contributed by atoms with Gasteiger partial charge in [-0.1, -0.05) is 82.3 Å². The fourth-order valence-corrected chi connectivity index (χ4v) is 4.95. The van der Waals surface area contributed by atoms with Crippen molar-refractivity contribution in [2.45, 2.75) is 66.8 Å². The molecular weight excluding hydrogens is 500 g/mol. The van der Waals surface area contributed by atoms with E-state index in [1.165, 1.54) is 34.2 Å². The molecule has 0 fully saturated rings. The molecule has 0 amide bonds. The Morgan fingerprint density at radius 1 is 1.05 bits per heavy atom. The minimum Gasteiger partial charge on any atom is -0.309 e. The normalized spacial score (nSPS) is 14.6. The third kappa shape index (κ3) is 7.99. The van der Waals surface area contributed by atoms with Crippen molar-refractivity contribution < 1.29 is 0 Å². The fraction of sp³-hybridized carbons (Fsp3) is 0.324. The van der Waals surface area contributed by atoms with Crippen molar-refractivity contribution in [2.24, 2.45) is 10.9 Å². The van der Waals surface area contributed by atoms with Crippen molar-refractivity contribution in [1.82, 2.24) is 10.3 Å². The number of benzene rings is 3. The van der Waals surface area contributed by atoms with Gasteiger partial charge in [-0.05, 0) is 103 Å². The lowest BCUT2D eigenvalue weighted by Gasteiger charge is -2.20. The van der Waals surface area contributed by atoms with Crippen molar-refractivity contribution in [1.29, 1.82) is 5.26 Å². The predicted octanol–water partition coefficient (Wildman–Crippen LogP) is 9.15. The first-order chi connectivity index (χ1) is 20.0. The Kier molecular flexibility index (Phi) is 12.0. The second-order valence-corrected chi connectivity index (χ2v) is 10.2. The van der Waals surface area contributed by atoms with Gasteiger partial charge in [-0.25, -0.2) is 4.98 Å².